The van der Waals surface area contributed by atoms with Gasteiger partial charge in [0.05, 0.1) is 0 Å². The number of benzene rings is 1. The van der Waals surface area contributed by atoms with E-state index in [0.29, 0.717) is 5.92 Å². The molecule has 0 spiro atoms. The highest BCUT2D eigenvalue weighted by atomic mass is 79.9. The molecule has 21 heavy (non-hydrogen) atoms. The Morgan fingerprint density at radius 3 is 2.71 bits per heavy atom. The zero-order valence-corrected chi connectivity index (χ0v) is 15.1. The second-order valence-electron chi connectivity index (χ2n) is 5.48. The Kier molecular flexibility index (Phi) is 6.27. The lowest BCUT2D eigenvalue weighted by Gasteiger charge is -2.19. The zero-order valence-electron chi connectivity index (χ0n) is 12.7. The Balaban J connectivity index is 1.88. The molecule has 0 saturated carbocycles. The maximum atomic E-state index is 6.10. The van der Waals surface area contributed by atoms with E-state index in [0.717, 1.165) is 23.3 Å². The third-order valence-corrected chi connectivity index (χ3v) is 4.60. The van der Waals surface area contributed by atoms with E-state index in [1.54, 1.807) is 11.3 Å². The minimum absolute atomic E-state index is 0.142. The van der Waals surface area contributed by atoms with Crippen LogP contribution in [-0.2, 0) is 6.54 Å². The van der Waals surface area contributed by atoms with E-state index < -0.39 is 0 Å². The number of nitrogens with one attached hydrogen (secondary N) is 1. The summed E-state index contributed by atoms with van der Waals surface area (Å²) < 4.78 is 7.20. The summed E-state index contributed by atoms with van der Waals surface area (Å²) in [5.41, 5.74) is 1.24. The lowest BCUT2D eigenvalue weighted by molar-refractivity contribution is 0.214. The van der Waals surface area contributed by atoms with Gasteiger partial charge in [0.15, 0.2) is 0 Å². The van der Waals surface area contributed by atoms with Gasteiger partial charge >= 0.3 is 0 Å². The van der Waals surface area contributed by atoms with Crippen LogP contribution in [0.15, 0.2) is 40.2 Å². The predicted molar refractivity (Wildman–Crippen MR) is 94.3 cm³/mol. The molecule has 0 bridgehead atoms. The maximum Gasteiger partial charge on any atom is 0.123 e. The van der Waals surface area contributed by atoms with Gasteiger partial charge in [-0.25, -0.2) is 0 Å². The van der Waals surface area contributed by atoms with Gasteiger partial charge < -0.3 is 10.1 Å². The van der Waals surface area contributed by atoms with Crippen LogP contribution in [0.5, 0.6) is 5.75 Å². The van der Waals surface area contributed by atoms with Crippen molar-refractivity contribution < 1.29 is 4.74 Å². The number of hydrogen-bond acceptors (Lipinski definition) is 3. The van der Waals surface area contributed by atoms with Crippen LogP contribution in [0.25, 0.3) is 0 Å². The van der Waals surface area contributed by atoms with Crippen LogP contribution in [0.2, 0.25) is 0 Å². The van der Waals surface area contributed by atoms with Crippen molar-refractivity contribution in [1.82, 2.24) is 5.32 Å². The molecule has 1 N–H and O–H groups in total. The Labute approximate surface area is 139 Å². The Bertz CT molecular complexity index is 554. The molecule has 0 saturated heterocycles. The largest absolute Gasteiger partial charge is 0.489 e. The molecule has 2 nitrogen and oxygen atoms in total. The summed E-state index contributed by atoms with van der Waals surface area (Å²) >= 11 is 5.31. The summed E-state index contributed by atoms with van der Waals surface area (Å²) in [5.74, 6) is 1.43. The average molecular weight is 368 g/mol. The number of rotatable bonds is 7. The van der Waals surface area contributed by atoms with Gasteiger partial charge in [0.25, 0.3) is 0 Å². The van der Waals surface area contributed by atoms with Crippen molar-refractivity contribution in [2.45, 2.75) is 39.3 Å². The normalized spacial score (nSPS) is 12.6. The smallest absolute Gasteiger partial charge is 0.123 e. The van der Waals surface area contributed by atoms with Crippen LogP contribution in [0.1, 0.15) is 37.1 Å². The molecule has 2 rings (SSSR count). The summed E-state index contributed by atoms with van der Waals surface area (Å²) in [6.07, 6.45) is 0.142. The lowest BCUT2D eigenvalue weighted by atomic mass is 10.0. The molecule has 0 amide bonds. The maximum absolute atomic E-state index is 6.10. The molecule has 1 unspecified atom stereocenters. The molecule has 0 aliphatic carbocycles. The van der Waals surface area contributed by atoms with Crippen molar-refractivity contribution in [3.63, 3.8) is 0 Å². The third-order valence-electron chi connectivity index (χ3n) is 3.23. The van der Waals surface area contributed by atoms with Crippen LogP contribution >= 0.6 is 27.3 Å². The van der Waals surface area contributed by atoms with Crippen molar-refractivity contribution in [1.29, 1.82) is 0 Å². The van der Waals surface area contributed by atoms with Gasteiger partial charge in [0.1, 0.15) is 11.9 Å². The fraction of sp³-hybridized carbons (Fsp3) is 0.412. The van der Waals surface area contributed by atoms with Crippen molar-refractivity contribution >= 4 is 27.3 Å². The quantitative estimate of drug-likeness (QED) is 0.726. The fourth-order valence-electron chi connectivity index (χ4n) is 2.15. The standard InChI is InChI=1S/C17H22BrNOS/c1-12(2)16-9-14(18)6-7-17(16)20-13(3)10-19-11-15-5-4-8-21-15/h4-9,12-13,19H,10-11H2,1-3H3. The van der Waals surface area contributed by atoms with Gasteiger partial charge in [0, 0.05) is 22.4 Å². The van der Waals surface area contributed by atoms with Gasteiger partial charge in [-0.05, 0) is 48.1 Å². The first-order valence-corrected chi connectivity index (χ1v) is 8.92. The van der Waals surface area contributed by atoms with Gasteiger partial charge in [0.2, 0.25) is 0 Å². The topological polar surface area (TPSA) is 21.3 Å². The Hall–Kier alpha value is -0.840. The number of ether oxygens (including phenoxy) is 1. The summed E-state index contributed by atoms with van der Waals surface area (Å²) in [7, 11) is 0. The van der Waals surface area contributed by atoms with Crippen LogP contribution < -0.4 is 10.1 Å². The molecule has 4 heteroatoms. The first kappa shape index (κ1) is 16.5. The van der Waals surface area contributed by atoms with Crippen LogP contribution in [0.3, 0.4) is 0 Å². The second kappa shape index (κ2) is 7.97. The number of hydrogen-bond donors (Lipinski definition) is 1. The van der Waals surface area contributed by atoms with E-state index in [1.807, 2.05) is 6.07 Å². The highest BCUT2D eigenvalue weighted by molar-refractivity contribution is 9.10. The predicted octanol–water partition coefficient (Wildman–Crippen LogP) is 5.19. The van der Waals surface area contributed by atoms with E-state index in [1.165, 1.54) is 10.4 Å². The molecule has 0 radical (unpaired) electrons. The molecule has 1 aromatic heterocycles. The first-order chi connectivity index (χ1) is 10.1. The molecule has 1 heterocycles. The van der Waals surface area contributed by atoms with E-state index in [9.17, 15) is 0 Å². The summed E-state index contributed by atoms with van der Waals surface area (Å²) in [6.45, 7) is 8.23. The summed E-state index contributed by atoms with van der Waals surface area (Å²) in [5, 5.41) is 5.55. The van der Waals surface area contributed by atoms with Crippen molar-refractivity contribution in [3.05, 3.63) is 50.6 Å². The summed E-state index contributed by atoms with van der Waals surface area (Å²) in [4.78, 5) is 1.36. The van der Waals surface area contributed by atoms with E-state index in [4.69, 9.17) is 4.74 Å². The number of thiophene rings is 1. The Morgan fingerprint density at radius 1 is 1.24 bits per heavy atom. The minimum Gasteiger partial charge on any atom is -0.489 e. The van der Waals surface area contributed by atoms with Crippen molar-refractivity contribution in [2.75, 3.05) is 6.54 Å². The number of halogens is 1. The van der Waals surface area contributed by atoms with Crippen LogP contribution in [-0.4, -0.2) is 12.6 Å². The van der Waals surface area contributed by atoms with Crippen LogP contribution in [0, 0.1) is 0 Å². The lowest BCUT2D eigenvalue weighted by Crippen LogP contribution is -2.28. The molecule has 1 aromatic carbocycles. The van der Waals surface area contributed by atoms with Crippen molar-refractivity contribution in [3.8, 4) is 5.75 Å². The molecule has 2 aromatic rings. The molecule has 1 atom stereocenters. The highest BCUT2D eigenvalue weighted by Crippen LogP contribution is 2.30. The Morgan fingerprint density at radius 2 is 2.05 bits per heavy atom. The van der Waals surface area contributed by atoms with Gasteiger partial charge in [-0.2, -0.15) is 0 Å². The third kappa shape index (κ3) is 5.13. The molecule has 0 aliphatic heterocycles. The fourth-order valence-corrected chi connectivity index (χ4v) is 3.20. The van der Waals surface area contributed by atoms with E-state index in [2.05, 4.69) is 71.7 Å². The monoisotopic (exact) mass is 367 g/mol. The van der Waals surface area contributed by atoms with E-state index >= 15 is 0 Å². The van der Waals surface area contributed by atoms with Crippen molar-refractivity contribution in [2.24, 2.45) is 0 Å². The van der Waals surface area contributed by atoms with Gasteiger partial charge in [-0.3, -0.25) is 0 Å². The molecule has 0 aliphatic rings. The average Bonchev–Trinajstić information content (AvgIpc) is 2.94. The molecule has 114 valence electrons. The zero-order chi connectivity index (χ0) is 15.2. The minimum atomic E-state index is 0.142. The molecular formula is C17H22BrNOS. The molecular weight excluding hydrogens is 346 g/mol. The summed E-state index contributed by atoms with van der Waals surface area (Å²) in [6, 6.07) is 10.5. The second-order valence-corrected chi connectivity index (χ2v) is 7.42. The van der Waals surface area contributed by atoms with Crippen LogP contribution in [0.4, 0.5) is 0 Å². The SMILES string of the molecule is CC(CNCc1cccs1)Oc1ccc(Br)cc1C(C)C. The van der Waals surface area contributed by atoms with Gasteiger partial charge in [-0.15, -0.1) is 11.3 Å². The van der Waals surface area contributed by atoms with Gasteiger partial charge in [-0.1, -0.05) is 35.8 Å². The highest BCUT2D eigenvalue weighted by Gasteiger charge is 2.11. The molecule has 0 fully saturated rings. The first-order valence-electron chi connectivity index (χ1n) is 7.25. The van der Waals surface area contributed by atoms with E-state index in [-0.39, 0.29) is 6.10 Å².